The zero-order valence-corrected chi connectivity index (χ0v) is 15.3. The Bertz CT molecular complexity index is 989. The van der Waals surface area contributed by atoms with Gasteiger partial charge in [-0.1, -0.05) is 66.2 Å². The van der Waals surface area contributed by atoms with E-state index >= 15 is 0 Å². The average Bonchev–Trinajstić information content (AvgIpc) is 3.04. The van der Waals surface area contributed by atoms with Gasteiger partial charge in [0.1, 0.15) is 0 Å². The van der Waals surface area contributed by atoms with Gasteiger partial charge in [0.05, 0.1) is 5.92 Å². The summed E-state index contributed by atoms with van der Waals surface area (Å²) in [7, 11) is 0. The molecule has 1 aliphatic heterocycles. The van der Waals surface area contributed by atoms with Gasteiger partial charge in [-0.15, -0.1) is 0 Å². The second-order valence-electron chi connectivity index (χ2n) is 7.18. The van der Waals surface area contributed by atoms with Crippen LogP contribution in [-0.2, 0) is 16.1 Å². The Kier molecular flexibility index (Phi) is 4.63. The third kappa shape index (κ3) is 3.70. The number of aryl methyl sites for hydroxylation is 1. The van der Waals surface area contributed by atoms with Gasteiger partial charge in [0.25, 0.3) is 0 Å². The van der Waals surface area contributed by atoms with E-state index in [2.05, 4.69) is 5.32 Å². The molecule has 3 aromatic rings. The molecule has 1 heterocycles. The number of carbonyl (C=O) groups is 2. The van der Waals surface area contributed by atoms with Gasteiger partial charge in [-0.3, -0.25) is 9.59 Å². The van der Waals surface area contributed by atoms with Crippen molar-refractivity contribution in [2.24, 2.45) is 5.92 Å². The lowest BCUT2D eigenvalue weighted by molar-refractivity contribution is -0.128. The number of nitrogens with one attached hydrogen (secondary N) is 1. The summed E-state index contributed by atoms with van der Waals surface area (Å²) in [6.07, 6.45) is 0.266. The van der Waals surface area contributed by atoms with Crippen molar-refractivity contribution >= 4 is 28.3 Å². The summed E-state index contributed by atoms with van der Waals surface area (Å²) in [5.74, 6) is -0.373. The quantitative estimate of drug-likeness (QED) is 0.762. The maximum Gasteiger partial charge on any atom is 0.229 e. The van der Waals surface area contributed by atoms with E-state index in [1.54, 1.807) is 4.90 Å². The van der Waals surface area contributed by atoms with Crippen molar-refractivity contribution in [2.45, 2.75) is 19.9 Å². The molecule has 2 amide bonds. The van der Waals surface area contributed by atoms with E-state index < -0.39 is 0 Å². The molecule has 0 aliphatic carbocycles. The second-order valence-corrected chi connectivity index (χ2v) is 7.18. The van der Waals surface area contributed by atoms with Crippen LogP contribution in [0.2, 0.25) is 0 Å². The summed E-state index contributed by atoms with van der Waals surface area (Å²) in [5.41, 5.74) is 3.07. The molecule has 4 rings (SSSR count). The number of carbonyl (C=O) groups excluding carboxylic acids is 2. The normalized spacial score (nSPS) is 16.7. The van der Waals surface area contributed by atoms with Crippen molar-refractivity contribution in [1.29, 1.82) is 0 Å². The van der Waals surface area contributed by atoms with Crippen LogP contribution >= 0.6 is 0 Å². The average molecular weight is 358 g/mol. The monoisotopic (exact) mass is 358 g/mol. The molecule has 4 nitrogen and oxygen atoms in total. The van der Waals surface area contributed by atoms with Gasteiger partial charge in [0.2, 0.25) is 11.8 Å². The van der Waals surface area contributed by atoms with Crippen LogP contribution in [0.15, 0.2) is 66.7 Å². The lowest BCUT2D eigenvalue weighted by Gasteiger charge is -2.17. The highest BCUT2D eigenvalue weighted by molar-refractivity contribution is 6.04. The number of fused-ring (bicyclic) bond motifs is 1. The van der Waals surface area contributed by atoms with Crippen LogP contribution in [0.25, 0.3) is 10.8 Å². The number of hydrogen-bond donors (Lipinski definition) is 1. The predicted octanol–water partition coefficient (Wildman–Crippen LogP) is 4.14. The minimum absolute atomic E-state index is 0.0358. The number of benzene rings is 3. The summed E-state index contributed by atoms with van der Waals surface area (Å²) in [4.78, 5) is 26.9. The highest BCUT2D eigenvalue weighted by Crippen LogP contribution is 2.26. The van der Waals surface area contributed by atoms with Crippen LogP contribution in [0, 0.1) is 12.8 Å². The fourth-order valence-electron chi connectivity index (χ4n) is 3.58. The van der Waals surface area contributed by atoms with Crippen molar-refractivity contribution < 1.29 is 9.59 Å². The molecule has 3 aromatic carbocycles. The molecule has 0 radical (unpaired) electrons. The number of anilines is 1. The van der Waals surface area contributed by atoms with Crippen molar-refractivity contribution in [3.8, 4) is 0 Å². The van der Waals surface area contributed by atoms with Gasteiger partial charge in [0.15, 0.2) is 0 Å². The molecular weight excluding hydrogens is 336 g/mol. The van der Waals surface area contributed by atoms with Crippen LogP contribution < -0.4 is 5.32 Å². The molecule has 136 valence electrons. The van der Waals surface area contributed by atoms with Crippen molar-refractivity contribution in [1.82, 2.24) is 4.90 Å². The Morgan fingerprint density at radius 2 is 1.78 bits per heavy atom. The topological polar surface area (TPSA) is 49.4 Å². The van der Waals surface area contributed by atoms with Crippen LogP contribution in [0.4, 0.5) is 5.69 Å². The third-order valence-corrected chi connectivity index (χ3v) is 5.13. The van der Waals surface area contributed by atoms with E-state index in [9.17, 15) is 9.59 Å². The molecule has 1 N–H and O–H groups in total. The standard InChI is InChI=1S/C23H22N2O2/c1-16-9-11-17(12-10-16)14-25-15-19(13-22(25)26)23(27)24-21-8-4-6-18-5-2-3-7-20(18)21/h2-12,19H,13-15H2,1H3,(H,24,27). The Hall–Kier alpha value is -3.14. The molecular formula is C23H22N2O2. The first kappa shape index (κ1) is 17.3. The fourth-order valence-corrected chi connectivity index (χ4v) is 3.58. The Morgan fingerprint density at radius 3 is 2.59 bits per heavy atom. The van der Waals surface area contributed by atoms with Gasteiger partial charge < -0.3 is 10.2 Å². The summed E-state index contributed by atoms with van der Waals surface area (Å²) in [5, 5.41) is 5.11. The van der Waals surface area contributed by atoms with Gasteiger partial charge in [0, 0.05) is 30.6 Å². The maximum absolute atomic E-state index is 12.8. The Balaban J connectivity index is 1.45. The number of likely N-dealkylation sites (tertiary alicyclic amines) is 1. The largest absolute Gasteiger partial charge is 0.338 e. The van der Waals surface area contributed by atoms with Crippen molar-refractivity contribution in [3.05, 3.63) is 77.9 Å². The van der Waals surface area contributed by atoms with Crippen LogP contribution in [0.1, 0.15) is 17.5 Å². The highest BCUT2D eigenvalue weighted by atomic mass is 16.2. The van der Waals surface area contributed by atoms with Gasteiger partial charge in [-0.2, -0.15) is 0 Å². The molecule has 1 aliphatic rings. The molecule has 1 unspecified atom stereocenters. The molecule has 0 bridgehead atoms. The Morgan fingerprint density at radius 1 is 1.04 bits per heavy atom. The van der Waals surface area contributed by atoms with Crippen molar-refractivity contribution in [2.75, 3.05) is 11.9 Å². The number of nitrogens with zero attached hydrogens (tertiary/aromatic N) is 1. The van der Waals surface area contributed by atoms with Crippen molar-refractivity contribution in [3.63, 3.8) is 0 Å². The first-order valence-electron chi connectivity index (χ1n) is 9.22. The summed E-state index contributed by atoms with van der Waals surface area (Å²) in [6, 6.07) is 22.0. The zero-order valence-electron chi connectivity index (χ0n) is 15.3. The molecule has 0 aromatic heterocycles. The van der Waals surface area contributed by atoms with Crippen LogP contribution in [0.3, 0.4) is 0 Å². The molecule has 1 atom stereocenters. The highest BCUT2D eigenvalue weighted by Gasteiger charge is 2.34. The van der Waals surface area contributed by atoms with Crippen LogP contribution in [0.5, 0.6) is 0 Å². The number of hydrogen-bond acceptors (Lipinski definition) is 2. The maximum atomic E-state index is 12.8. The summed E-state index contributed by atoms with van der Waals surface area (Å²) < 4.78 is 0. The summed E-state index contributed by atoms with van der Waals surface area (Å²) in [6.45, 7) is 3.05. The molecule has 1 saturated heterocycles. The van der Waals surface area contributed by atoms with E-state index in [0.717, 1.165) is 22.0 Å². The first-order valence-corrected chi connectivity index (χ1v) is 9.22. The number of rotatable bonds is 4. The van der Waals surface area contributed by atoms with E-state index in [1.165, 1.54) is 5.56 Å². The van der Waals surface area contributed by atoms with Gasteiger partial charge in [-0.25, -0.2) is 0 Å². The predicted molar refractivity (Wildman–Crippen MR) is 107 cm³/mol. The van der Waals surface area contributed by atoms with Crippen LogP contribution in [-0.4, -0.2) is 23.3 Å². The molecule has 4 heteroatoms. The lowest BCUT2D eigenvalue weighted by Crippen LogP contribution is -2.28. The SMILES string of the molecule is Cc1ccc(CN2CC(C(=O)Nc3cccc4ccccc34)CC2=O)cc1. The van der Waals surface area contributed by atoms with E-state index in [-0.39, 0.29) is 24.2 Å². The zero-order chi connectivity index (χ0) is 18.8. The smallest absolute Gasteiger partial charge is 0.229 e. The fraction of sp³-hybridized carbons (Fsp3) is 0.217. The molecule has 27 heavy (non-hydrogen) atoms. The third-order valence-electron chi connectivity index (χ3n) is 5.13. The van der Waals surface area contributed by atoms with Gasteiger partial charge in [-0.05, 0) is 23.9 Å². The van der Waals surface area contributed by atoms with E-state index in [0.29, 0.717) is 13.1 Å². The van der Waals surface area contributed by atoms with E-state index in [4.69, 9.17) is 0 Å². The van der Waals surface area contributed by atoms with Gasteiger partial charge >= 0.3 is 0 Å². The number of amides is 2. The lowest BCUT2D eigenvalue weighted by atomic mass is 10.1. The minimum Gasteiger partial charge on any atom is -0.338 e. The molecule has 1 fully saturated rings. The molecule has 0 saturated carbocycles. The first-order chi connectivity index (χ1) is 13.1. The minimum atomic E-state index is -0.318. The second kappa shape index (κ2) is 7.23. The summed E-state index contributed by atoms with van der Waals surface area (Å²) >= 11 is 0. The Labute approximate surface area is 158 Å². The van der Waals surface area contributed by atoms with E-state index in [1.807, 2.05) is 73.7 Å². The molecule has 0 spiro atoms.